The normalized spacial score (nSPS) is 29.6. The molecule has 10 heteroatoms. The van der Waals surface area contributed by atoms with Crippen LogP contribution in [0.5, 0.6) is 5.75 Å². The van der Waals surface area contributed by atoms with E-state index >= 15 is 0 Å². The second kappa shape index (κ2) is 9.71. The number of nitrogens with one attached hydrogen (secondary N) is 3. The number of Topliss-reactive ketones (excluding diaryl/α,β-unsaturated/α-hetero) is 1. The molecule has 6 rings (SSSR count). The second-order valence-electron chi connectivity index (χ2n) is 11.7. The van der Waals surface area contributed by atoms with Crippen LogP contribution in [-0.4, -0.2) is 77.1 Å². The summed E-state index contributed by atoms with van der Waals surface area (Å²) in [6.45, 7) is 1.28. The van der Waals surface area contributed by atoms with Gasteiger partial charge in [0.15, 0.2) is 0 Å². The molecule has 0 aromatic heterocycles. The standard InChI is InChI=1S/C30H34N4O6/c1-34-13-11-29-15-20(35)8-10-30(29,40)23(34)14-19-6-7-21(25(36)24(19)29)26(37)31-12-9-17-2-4-18(5-3-17)22-16-32-28(39)33-27(22)38/h2-7,22-23,36,40H,8-16H2,1H3,(H,31,37)(H2,32,33,38,39)/t22?,23-,29-,30-/m1/s1. The highest BCUT2D eigenvalue weighted by Gasteiger charge is 2.65. The molecule has 210 valence electrons. The third-order valence-electron chi connectivity index (χ3n) is 9.59. The van der Waals surface area contributed by atoms with Gasteiger partial charge in [-0.1, -0.05) is 30.3 Å². The van der Waals surface area contributed by atoms with Gasteiger partial charge in [0.25, 0.3) is 5.91 Å². The molecule has 2 saturated heterocycles. The van der Waals surface area contributed by atoms with E-state index < -0.39 is 28.9 Å². The molecular formula is C30H34N4O6. The molecule has 2 heterocycles. The molecule has 1 saturated carbocycles. The molecule has 10 nitrogen and oxygen atoms in total. The van der Waals surface area contributed by atoms with Crippen LogP contribution in [0.4, 0.5) is 4.79 Å². The summed E-state index contributed by atoms with van der Waals surface area (Å²) in [5.41, 5.74) is 1.32. The van der Waals surface area contributed by atoms with Crippen molar-refractivity contribution in [2.75, 3.05) is 26.7 Å². The van der Waals surface area contributed by atoms with Gasteiger partial charge in [-0.25, -0.2) is 4.79 Å². The van der Waals surface area contributed by atoms with Gasteiger partial charge < -0.3 is 25.7 Å². The van der Waals surface area contributed by atoms with Gasteiger partial charge in [0.05, 0.1) is 17.1 Å². The summed E-state index contributed by atoms with van der Waals surface area (Å²) in [5.74, 6) is -1.25. The molecule has 2 aliphatic carbocycles. The number of likely N-dealkylation sites (tertiary alicyclic amines) is 1. The highest BCUT2D eigenvalue weighted by atomic mass is 16.3. The molecule has 3 fully saturated rings. The number of aromatic hydroxyl groups is 1. The maximum atomic E-state index is 13.2. The number of piperidine rings is 1. The molecule has 2 bridgehead atoms. The van der Waals surface area contributed by atoms with Gasteiger partial charge in [0, 0.05) is 43.0 Å². The quantitative estimate of drug-likeness (QED) is 0.379. The Morgan fingerprint density at radius 1 is 1.12 bits per heavy atom. The van der Waals surface area contributed by atoms with E-state index in [0.29, 0.717) is 50.8 Å². The number of ketones is 1. The number of carbonyl (C=O) groups excluding carboxylic acids is 4. The van der Waals surface area contributed by atoms with Crippen molar-refractivity contribution in [3.63, 3.8) is 0 Å². The number of carbonyl (C=O) groups is 4. The van der Waals surface area contributed by atoms with Crippen molar-refractivity contribution in [3.8, 4) is 5.75 Å². The lowest BCUT2D eigenvalue weighted by molar-refractivity contribution is -0.169. The summed E-state index contributed by atoms with van der Waals surface area (Å²) in [6, 6.07) is 10.3. The molecule has 0 spiro atoms. The summed E-state index contributed by atoms with van der Waals surface area (Å²) in [7, 11) is 2.00. The third kappa shape index (κ3) is 4.08. The van der Waals surface area contributed by atoms with E-state index in [2.05, 4.69) is 20.9 Å². The number of rotatable bonds is 5. The number of phenols is 1. The molecule has 2 aromatic rings. The Kier molecular flexibility index (Phi) is 6.42. The van der Waals surface area contributed by atoms with E-state index in [-0.39, 0.29) is 42.0 Å². The molecular weight excluding hydrogens is 512 g/mol. The number of hydrogen-bond acceptors (Lipinski definition) is 7. The van der Waals surface area contributed by atoms with E-state index in [1.165, 1.54) is 0 Å². The van der Waals surface area contributed by atoms with Crippen LogP contribution in [0.15, 0.2) is 36.4 Å². The van der Waals surface area contributed by atoms with Crippen molar-refractivity contribution in [1.82, 2.24) is 20.9 Å². The predicted molar refractivity (Wildman–Crippen MR) is 145 cm³/mol. The number of benzene rings is 2. The van der Waals surface area contributed by atoms with Gasteiger partial charge in [-0.2, -0.15) is 0 Å². The minimum absolute atomic E-state index is 0.0787. The van der Waals surface area contributed by atoms with Gasteiger partial charge in [-0.15, -0.1) is 0 Å². The number of amides is 4. The Labute approximate surface area is 232 Å². The minimum Gasteiger partial charge on any atom is -0.507 e. The van der Waals surface area contributed by atoms with E-state index in [9.17, 15) is 29.4 Å². The van der Waals surface area contributed by atoms with Crippen LogP contribution in [0.3, 0.4) is 0 Å². The SMILES string of the molecule is CN1CC[C@]23CC(=O)CC[C@@]2(O)[C@H]1Cc1ccc(C(=O)NCCc2ccc(C4CNC(=O)NC4=O)cc2)c(O)c13. The highest BCUT2D eigenvalue weighted by Crippen LogP contribution is 2.59. The van der Waals surface area contributed by atoms with Crippen molar-refractivity contribution in [2.45, 2.75) is 61.5 Å². The van der Waals surface area contributed by atoms with Crippen molar-refractivity contribution >= 4 is 23.6 Å². The maximum absolute atomic E-state index is 13.2. The molecule has 4 aliphatic rings. The van der Waals surface area contributed by atoms with Crippen LogP contribution in [0, 0.1) is 0 Å². The fourth-order valence-electron chi connectivity index (χ4n) is 7.44. The number of imide groups is 1. The van der Waals surface area contributed by atoms with Crippen LogP contribution in [-0.2, 0) is 27.8 Å². The third-order valence-corrected chi connectivity index (χ3v) is 9.59. The summed E-state index contributed by atoms with van der Waals surface area (Å²) in [5, 5.41) is 31.3. The first kappa shape index (κ1) is 26.5. The number of fused-ring (bicyclic) bond motifs is 1. The highest BCUT2D eigenvalue weighted by molar-refractivity contribution is 6.00. The molecule has 2 aliphatic heterocycles. The number of nitrogens with zero attached hydrogens (tertiary/aromatic N) is 1. The molecule has 40 heavy (non-hydrogen) atoms. The number of likely N-dealkylation sites (N-methyl/N-ethyl adjacent to an activating group) is 1. The predicted octanol–water partition coefficient (Wildman–Crippen LogP) is 1.27. The summed E-state index contributed by atoms with van der Waals surface area (Å²) >= 11 is 0. The van der Waals surface area contributed by atoms with Gasteiger partial charge in [-0.3, -0.25) is 19.7 Å². The number of aliphatic hydroxyl groups is 1. The average Bonchev–Trinajstić information content (AvgIpc) is 2.92. The van der Waals surface area contributed by atoms with Crippen molar-refractivity contribution in [1.29, 1.82) is 0 Å². The maximum Gasteiger partial charge on any atom is 0.321 e. The Hall–Kier alpha value is -3.76. The molecule has 4 amide bonds. The first-order chi connectivity index (χ1) is 19.1. The fourth-order valence-corrected chi connectivity index (χ4v) is 7.44. The van der Waals surface area contributed by atoms with Gasteiger partial charge in [0.1, 0.15) is 11.5 Å². The Morgan fingerprint density at radius 3 is 2.65 bits per heavy atom. The lowest BCUT2D eigenvalue weighted by Crippen LogP contribution is -2.72. The minimum atomic E-state index is -1.14. The summed E-state index contributed by atoms with van der Waals surface area (Å²) in [4.78, 5) is 51.4. The van der Waals surface area contributed by atoms with Gasteiger partial charge in [-0.05, 0) is 62.0 Å². The molecule has 0 radical (unpaired) electrons. The number of phenolic OH excluding ortho intramolecular Hbond substituents is 1. The largest absolute Gasteiger partial charge is 0.507 e. The Balaban J connectivity index is 1.17. The van der Waals surface area contributed by atoms with E-state index in [0.717, 1.165) is 16.7 Å². The average molecular weight is 547 g/mol. The monoisotopic (exact) mass is 546 g/mol. The summed E-state index contributed by atoms with van der Waals surface area (Å²) < 4.78 is 0. The second-order valence-corrected chi connectivity index (χ2v) is 11.7. The number of urea groups is 1. The number of hydrogen-bond donors (Lipinski definition) is 5. The van der Waals surface area contributed by atoms with Crippen molar-refractivity contribution in [2.24, 2.45) is 0 Å². The molecule has 5 N–H and O–H groups in total. The van der Waals surface area contributed by atoms with Gasteiger partial charge >= 0.3 is 6.03 Å². The van der Waals surface area contributed by atoms with Crippen LogP contribution in [0.25, 0.3) is 0 Å². The first-order valence-electron chi connectivity index (χ1n) is 13.9. The first-order valence-corrected chi connectivity index (χ1v) is 13.9. The zero-order valence-corrected chi connectivity index (χ0v) is 22.5. The smallest absolute Gasteiger partial charge is 0.321 e. The van der Waals surface area contributed by atoms with Crippen LogP contribution < -0.4 is 16.0 Å². The van der Waals surface area contributed by atoms with E-state index in [1.54, 1.807) is 6.07 Å². The zero-order chi connectivity index (χ0) is 28.2. The molecule has 2 aromatic carbocycles. The van der Waals surface area contributed by atoms with Crippen LogP contribution in [0.2, 0.25) is 0 Å². The molecule has 1 unspecified atom stereocenters. The van der Waals surface area contributed by atoms with Crippen LogP contribution >= 0.6 is 0 Å². The zero-order valence-electron chi connectivity index (χ0n) is 22.5. The fraction of sp³-hybridized carbons (Fsp3) is 0.467. The van der Waals surface area contributed by atoms with Gasteiger partial charge in [0.2, 0.25) is 5.91 Å². The van der Waals surface area contributed by atoms with Crippen LogP contribution in [0.1, 0.15) is 64.2 Å². The van der Waals surface area contributed by atoms with E-state index in [1.807, 2.05) is 37.4 Å². The molecule has 4 atom stereocenters. The topological polar surface area (TPSA) is 148 Å². The lowest BCUT2D eigenvalue weighted by atomic mass is 9.49. The summed E-state index contributed by atoms with van der Waals surface area (Å²) in [6.07, 6.45) is 2.48. The van der Waals surface area contributed by atoms with E-state index in [4.69, 9.17) is 0 Å². The van der Waals surface area contributed by atoms with Crippen molar-refractivity contribution < 1.29 is 29.4 Å². The lowest BCUT2D eigenvalue weighted by Gasteiger charge is -2.62. The Bertz CT molecular complexity index is 1410. The van der Waals surface area contributed by atoms with Crippen molar-refractivity contribution in [3.05, 3.63) is 64.2 Å². The Morgan fingerprint density at radius 2 is 1.90 bits per heavy atom.